The van der Waals surface area contributed by atoms with Crippen molar-refractivity contribution in [1.82, 2.24) is 0 Å². The van der Waals surface area contributed by atoms with Crippen molar-refractivity contribution in [2.45, 2.75) is 13.3 Å². The zero-order valence-corrected chi connectivity index (χ0v) is 15.1. The molecular weight excluding hydrogens is 368 g/mol. The Morgan fingerprint density at radius 1 is 1.33 bits per heavy atom. The van der Waals surface area contributed by atoms with Crippen molar-refractivity contribution in [2.75, 3.05) is 12.4 Å². The normalized spacial score (nSPS) is 10.8. The van der Waals surface area contributed by atoms with Gasteiger partial charge in [0.1, 0.15) is 17.4 Å². The number of aryl methyl sites for hydroxylation is 1. The van der Waals surface area contributed by atoms with Gasteiger partial charge in [0.25, 0.3) is 5.91 Å². The van der Waals surface area contributed by atoms with E-state index in [1.807, 2.05) is 37.3 Å². The molecule has 0 spiro atoms. The van der Waals surface area contributed by atoms with Crippen LogP contribution in [-0.4, -0.2) is 13.0 Å². The fourth-order valence-corrected chi connectivity index (χ4v) is 2.79. The number of nitriles is 1. The van der Waals surface area contributed by atoms with E-state index in [1.54, 1.807) is 31.4 Å². The summed E-state index contributed by atoms with van der Waals surface area (Å²) in [6, 6.07) is 14.9. The van der Waals surface area contributed by atoms with E-state index in [2.05, 4.69) is 21.2 Å². The third kappa shape index (κ3) is 4.24. The lowest BCUT2D eigenvalue weighted by molar-refractivity contribution is -0.112. The first kappa shape index (κ1) is 17.8. The van der Waals surface area contributed by atoms with Crippen LogP contribution in [0.4, 0.5) is 5.69 Å². The van der Waals surface area contributed by atoms with Crippen LogP contribution in [0.3, 0.4) is 0 Å². The van der Waals surface area contributed by atoms with E-state index >= 15 is 0 Å². The summed E-state index contributed by atoms with van der Waals surface area (Å²) < 4.78 is 5.93. The van der Waals surface area contributed by atoms with Crippen LogP contribution in [0, 0.1) is 11.3 Å². The average molecular weight is 385 g/mol. The molecule has 0 fully saturated rings. The van der Waals surface area contributed by atoms with E-state index in [0.29, 0.717) is 5.75 Å². The third-order valence-electron chi connectivity index (χ3n) is 3.50. The molecule has 0 bridgehead atoms. The van der Waals surface area contributed by atoms with Crippen molar-refractivity contribution in [3.63, 3.8) is 0 Å². The molecule has 4 nitrogen and oxygen atoms in total. The maximum atomic E-state index is 12.4. The number of carbonyl (C=O) groups excluding carboxylic acids is 1. The molecule has 0 saturated carbocycles. The highest BCUT2D eigenvalue weighted by molar-refractivity contribution is 9.10. The molecule has 0 unspecified atom stereocenters. The minimum atomic E-state index is -0.426. The zero-order chi connectivity index (χ0) is 17.5. The van der Waals surface area contributed by atoms with Gasteiger partial charge in [0.2, 0.25) is 0 Å². The molecule has 0 aliphatic carbocycles. The summed E-state index contributed by atoms with van der Waals surface area (Å²) >= 11 is 3.39. The van der Waals surface area contributed by atoms with E-state index < -0.39 is 5.91 Å². The van der Waals surface area contributed by atoms with Crippen molar-refractivity contribution >= 4 is 33.6 Å². The molecule has 1 N–H and O–H groups in total. The number of ether oxygens (including phenoxy) is 1. The first-order valence-corrected chi connectivity index (χ1v) is 8.23. The smallest absolute Gasteiger partial charge is 0.266 e. The molecular formula is C19H17BrN2O2. The Morgan fingerprint density at radius 3 is 2.71 bits per heavy atom. The number of rotatable bonds is 5. The highest BCUT2D eigenvalue weighted by atomic mass is 79.9. The molecule has 2 aromatic rings. The Hall–Kier alpha value is -2.58. The molecule has 0 aliphatic rings. The molecule has 2 aromatic carbocycles. The number of hydrogen-bond donors (Lipinski definition) is 1. The Balaban J connectivity index is 2.26. The summed E-state index contributed by atoms with van der Waals surface area (Å²) in [5.74, 6) is 0.261. The first-order valence-electron chi connectivity index (χ1n) is 7.43. The van der Waals surface area contributed by atoms with Gasteiger partial charge in [-0.2, -0.15) is 5.26 Å². The van der Waals surface area contributed by atoms with Crippen molar-refractivity contribution in [2.24, 2.45) is 0 Å². The van der Waals surface area contributed by atoms with Crippen molar-refractivity contribution in [3.8, 4) is 11.8 Å². The number of carbonyl (C=O) groups is 1. The molecule has 1 amide bonds. The fourth-order valence-electron chi connectivity index (χ4n) is 2.23. The fraction of sp³-hybridized carbons (Fsp3) is 0.158. The summed E-state index contributed by atoms with van der Waals surface area (Å²) in [4.78, 5) is 12.4. The molecule has 24 heavy (non-hydrogen) atoms. The molecule has 0 aliphatic heterocycles. The number of para-hydroxylation sites is 1. The number of anilines is 1. The summed E-state index contributed by atoms with van der Waals surface area (Å²) in [6.45, 7) is 2.01. The van der Waals surface area contributed by atoms with Crippen LogP contribution in [0.15, 0.2) is 52.5 Å². The number of nitrogens with one attached hydrogen (secondary N) is 1. The molecule has 5 heteroatoms. The quantitative estimate of drug-likeness (QED) is 0.606. The van der Waals surface area contributed by atoms with Crippen LogP contribution in [0.1, 0.15) is 18.1 Å². The topological polar surface area (TPSA) is 62.1 Å². The van der Waals surface area contributed by atoms with E-state index in [1.165, 1.54) is 0 Å². The Kier molecular flexibility index (Phi) is 6.16. The number of nitrogens with zero attached hydrogens (tertiary/aromatic N) is 1. The van der Waals surface area contributed by atoms with Gasteiger partial charge in [0, 0.05) is 5.69 Å². The Morgan fingerprint density at radius 2 is 2.08 bits per heavy atom. The second kappa shape index (κ2) is 8.32. The van der Waals surface area contributed by atoms with Gasteiger partial charge in [-0.3, -0.25) is 4.79 Å². The predicted octanol–water partition coefficient (Wildman–Crippen LogP) is 4.57. The standard InChI is InChI=1S/C19H17BrN2O2/c1-3-14-6-4-5-7-17(14)22-19(23)15(12-21)10-13-8-9-18(24-2)16(20)11-13/h4-11H,3H2,1-2H3,(H,22,23)/b15-10+. The summed E-state index contributed by atoms with van der Waals surface area (Å²) in [7, 11) is 1.58. The number of benzene rings is 2. The van der Waals surface area contributed by atoms with Crippen LogP contribution < -0.4 is 10.1 Å². The third-order valence-corrected chi connectivity index (χ3v) is 4.12. The largest absolute Gasteiger partial charge is 0.496 e. The number of halogens is 1. The van der Waals surface area contributed by atoms with Crippen LogP contribution in [0.5, 0.6) is 5.75 Å². The molecule has 0 aromatic heterocycles. The Labute approximate surface area is 149 Å². The van der Waals surface area contributed by atoms with Gasteiger partial charge >= 0.3 is 0 Å². The van der Waals surface area contributed by atoms with E-state index in [-0.39, 0.29) is 5.57 Å². The first-order chi connectivity index (χ1) is 11.6. The highest BCUT2D eigenvalue weighted by Crippen LogP contribution is 2.26. The van der Waals surface area contributed by atoms with Crippen molar-refractivity contribution in [3.05, 3.63) is 63.6 Å². The SMILES string of the molecule is CCc1ccccc1NC(=O)/C(C#N)=C/c1ccc(OC)c(Br)c1. The lowest BCUT2D eigenvalue weighted by atomic mass is 10.1. The van der Waals surface area contributed by atoms with Gasteiger partial charge in [-0.1, -0.05) is 31.2 Å². The summed E-state index contributed by atoms with van der Waals surface area (Å²) in [5.41, 5.74) is 2.52. The number of hydrogen-bond acceptors (Lipinski definition) is 3. The second-order valence-electron chi connectivity index (χ2n) is 5.03. The monoisotopic (exact) mass is 384 g/mol. The second-order valence-corrected chi connectivity index (χ2v) is 5.88. The van der Waals surface area contributed by atoms with Gasteiger partial charge in [-0.05, 0) is 57.8 Å². The average Bonchev–Trinajstić information content (AvgIpc) is 2.60. The molecule has 0 atom stereocenters. The molecule has 2 rings (SSSR count). The lowest BCUT2D eigenvalue weighted by Crippen LogP contribution is -2.14. The minimum absolute atomic E-state index is 0.0398. The van der Waals surface area contributed by atoms with Crippen LogP contribution >= 0.6 is 15.9 Å². The summed E-state index contributed by atoms with van der Waals surface area (Å²) in [5, 5.41) is 12.1. The van der Waals surface area contributed by atoms with Crippen molar-refractivity contribution in [1.29, 1.82) is 5.26 Å². The van der Waals surface area contributed by atoms with Gasteiger partial charge in [0.05, 0.1) is 11.6 Å². The van der Waals surface area contributed by atoms with Gasteiger partial charge in [-0.15, -0.1) is 0 Å². The lowest BCUT2D eigenvalue weighted by Gasteiger charge is -2.09. The van der Waals surface area contributed by atoms with E-state index in [4.69, 9.17) is 4.74 Å². The van der Waals surface area contributed by atoms with Gasteiger partial charge in [-0.25, -0.2) is 0 Å². The van der Waals surface area contributed by atoms with Gasteiger partial charge < -0.3 is 10.1 Å². The van der Waals surface area contributed by atoms with Crippen LogP contribution in [0.2, 0.25) is 0 Å². The van der Waals surface area contributed by atoms with Gasteiger partial charge in [0.15, 0.2) is 0 Å². The molecule has 0 radical (unpaired) electrons. The molecule has 0 heterocycles. The summed E-state index contributed by atoms with van der Waals surface area (Å²) in [6.07, 6.45) is 2.35. The van der Waals surface area contributed by atoms with Crippen LogP contribution in [-0.2, 0) is 11.2 Å². The number of methoxy groups -OCH3 is 1. The van der Waals surface area contributed by atoms with E-state index in [0.717, 1.165) is 27.7 Å². The Bertz CT molecular complexity index is 822. The van der Waals surface area contributed by atoms with E-state index in [9.17, 15) is 10.1 Å². The maximum Gasteiger partial charge on any atom is 0.266 e. The highest BCUT2D eigenvalue weighted by Gasteiger charge is 2.11. The zero-order valence-electron chi connectivity index (χ0n) is 13.5. The minimum Gasteiger partial charge on any atom is -0.496 e. The molecule has 122 valence electrons. The van der Waals surface area contributed by atoms with Crippen molar-refractivity contribution < 1.29 is 9.53 Å². The number of amides is 1. The predicted molar refractivity (Wildman–Crippen MR) is 98.7 cm³/mol. The molecule has 0 saturated heterocycles. The van der Waals surface area contributed by atoms with Crippen LogP contribution in [0.25, 0.3) is 6.08 Å². The maximum absolute atomic E-state index is 12.4.